The van der Waals surface area contributed by atoms with Crippen molar-refractivity contribution in [2.24, 2.45) is 58.2 Å². The Morgan fingerprint density at radius 1 is 0.947 bits per heavy atom. The SMILES string of the molecule is CCC1(OC(=O)CCC(C)C2CCC3C4C(O)CC5CC(O)CCC5(C)C4CC(O)C23C)CC2CCC1C2. The van der Waals surface area contributed by atoms with Gasteiger partial charge >= 0.3 is 5.97 Å². The van der Waals surface area contributed by atoms with Crippen LogP contribution in [-0.4, -0.2) is 45.2 Å². The van der Waals surface area contributed by atoms with Crippen LogP contribution in [0.4, 0.5) is 0 Å². The molecule has 0 aromatic rings. The lowest BCUT2D eigenvalue weighted by Crippen LogP contribution is -2.62. The number of esters is 1. The van der Waals surface area contributed by atoms with Gasteiger partial charge in [-0.05, 0) is 142 Å². The van der Waals surface area contributed by atoms with Gasteiger partial charge in [-0.2, -0.15) is 0 Å². The third kappa shape index (κ3) is 4.06. The quantitative estimate of drug-likeness (QED) is 0.374. The molecule has 0 aromatic carbocycles. The highest BCUT2D eigenvalue weighted by Gasteiger charge is 2.65. The molecule has 0 radical (unpaired) electrons. The monoisotopic (exact) mass is 530 g/mol. The summed E-state index contributed by atoms with van der Waals surface area (Å²) in [5, 5.41) is 33.7. The van der Waals surface area contributed by atoms with Gasteiger partial charge in [-0.25, -0.2) is 0 Å². The number of hydrogen-bond acceptors (Lipinski definition) is 5. The van der Waals surface area contributed by atoms with E-state index >= 15 is 0 Å². The molecule has 0 aromatic heterocycles. The Morgan fingerprint density at radius 3 is 2.42 bits per heavy atom. The maximum absolute atomic E-state index is 13.1. The summed E-state index contributed by atoms with van der Waals surface area (Å²) < 4.78 is 6.26. The average molecular weight is 531 g/mol. The molecule has 0 saturated heterocycles. The van der Waals surface area contributed by atoms with Crippen LogP contribution >= 0.6 is 0 Å². The van der Waals surface area contributed by atoms with Crippen LogP contribution in [0.15, 0.2) is 0 Å². The molecule has 6 saturated carbocycles. The van der Waals surface area contributed by atoms with Gasteiger partial charge in [-0.3, -0.25) is 4.79 Å². The van der Waals surface area contributed by atoms with E-state index in [0.29, 0.717) is 41.9 Å². The zero-order chi connectivity index (χ0) is 27.0. The van der Waals surface area contributed by atoms with Crippen molar-refractivity contribution >= 4 is 5.97 Å². The summed E-state index contributed by atoms with van der Waals surface area (Å²) in [6, 6.07) is 0. The minimum atomic E-state index is -0.373. The van der Waals surface area contributed by atoms with Crippen LogP contribution in [0, 0.1) is 58.2 Å². The van der Waals surface area contributed by atoms with E-state index in [0.717, 1.165) is 70.1 Å². The van der Waals surface area contributed by atoms with Crippen molar-refractivity contribution in [2.45, 2.75) is 141 Å². The Kier molecular flexibility index (Phi) is 7.04. The van der Waals surface area contributed by atoms with Crippen molar-refractivity contribution < 1.29 is 24.9 Å². The molecule has 2 bridgehead atoms. The van der Waals surface area contributed by atoms with Gasteiger partial charge in [-0.15, -0.1) is 0 Å². The molecule has 6 aliphatic carbocycles. The molecule has 5 nitrogen and oxygen atoms in total. The fourth-order valence-electron chi connectivity index (χ4n) is 12.0. The summed E-state index contributed by atoms with van der Waals surface area (Å²) in [7, 11) is 0. The minimum absolute atomic E-state index is 0.0173. The smallest absolute Gasteiger partial charge is 0.306 e. The number of aliphatic hydroxyl groups is 3. The molecule has 0 heterocycles. The van der Waals surface area contributed by atoms with Gasteiger partial charge in [0.25, 0.3) is 0 Å². The molecule has 6 aliphatic rings. The molecular weight excluding hydrogens is 476 g/mol. The molecule has 6 rings (SSSR count). The summed E-state index contributed by atoms with van der Waals surface area (Å²) in [4.78, 5) is 13.1. The van der Waals surface area contributed by atoms with Crippen LogP contribution in [0.3, 0.4) is 0 Å². The second-order valence-corrected chi connectivity index (χ2v) is 15.5. The standard InChI is InChI=1S/C33H54O5/c1-5-33(18-20-7-8-21(33)14-20)38-29(37)11-6-19(2)24-9-10-25-30-26(17-28(36)32(24,25)4)31(3)13-12-23(34)15-22(31)16-27(30)35/h19-28,30,34-36H,5-18H2,1-4H3. The highest BCUT2D eigenvalue weighted by atomic mass is 16.6. The lowest BCUT2D eigenvalue weighted by Gasteiger charge is -2.63. The van der Waals surface area contributed by atoms with Gasteiger partial charge in [0.05, 0.1) is 18.3 Å². The lowest BCUT2D eigenvalue weighted by molar-refractivity contribution is -0.207. The van der Waals surface area contributed by atoms with Gasteiger partial charge in [0.2, 0.25) is 0 Å². The molecule has 5 heteroatoms. The number of carbonyl (C=O) groups is 1. The first-order chi connectivity index (χ1) is 18.0. The van der Waals surface area contributed by atoms with E-state index in [1.165, 1.54) is 19.3 Å². The van der Waals surface area contributed by atoms with E-state index in [4.69, 9.17) is 4.74 Å². The van der Waals surface area contributed by atoms with Crippen molar-refractivity contribution in [1.29, 1.82) is 0 Å². The largest absolute Gasteiger partial charge is 0.459 e. The fraction of sp³-hybridized carbons (Fsp3) is 0.970. The Morgan fingerprint density at radius 2 is 1.74 bits per heavy atom. The van der Waals surface area contributed by atoms with E-state index in [1.807, 2.05) is 0 Å². The van der Waals surface area contributed by atoms with Gasteiger partial charge in [0.15, 0.2) is 0 Å². The van der Waals surface area contributed by atoms with Crippen LogP contribution < -0.4 is 0 Å². The van der Waals surface area contributed by atoms with E-state index in [1.54, 1.807) is 0 Å². The maximum atomic E-state index is 13.1. The van der Waals surface area contributed by atoms with Crippen LogP contribution in [0.2, 0.25) is 0 Å². The van der Waals surface area contributed by atoms with Crippen molar-refractivity contribution in [2.75, 3.05) is 0 Å². The van der Waals surface area contributed by atoms with Crippen LogP contribution in [0.5, 0.6) is 0 Å². The molecule has 0 amide bonds. The Labute approximate surface area is 230 Å². The molecule has 14 atom stereocenters. The van der Waals surface area contributed by atoms with Gasteiger partial charge < -0.3 is 20.1 Å². The topological polar surface area (TPSA) is 87.0 Å². The predicted molar refractivity (Wildman–Crippen MR) is 147 cm³/mol. The molecule has 216 valence electrons. The molecule has 3 N–H and O–H groups in total. The normalized spacial score (nSPS) is 54.2. The first-order valence-electron chi connectivity index (χ1n) is 16.3. The van der Waals surface area contributed by atoms with Crippen LogP contribution in [-0.2, 0) is 9.53 Å². The maximum Gasteiger partial charge on any atom is 0.306 e. The minimum Gasteiger partial charge on any atom is -0.459 e. The highest BCUT2D eigenvalue weighted by molar-refractivity contribution is 5.70. The number of aliphatic hydroxyl groups excluding tert-OH is 3. The fourth-order valence-corrected chi connectivity index (χ4v) is 12.0. The summed E-state index contributed by atoms with van der Waals surface area (Å²) in [6.45, 7) is 9.17. The molecule has 0 spiro atoms. The summed E-state index contributed by atoms with van der Waals surface area (Å²) in [5.41, 5.74) is -0.311. The number of fused-ring (bicyclic) bond motifs is 7. The van der Waals surface area contributed by atoms with E-state index in [9.17, 15) is 20.1 Å². The number of rotatable bonds is 6. The number of ether oxygens (including phenoxy) is 1. The second-order valence-electron chi connectivity index (χ2n) is 15.5. The Hall–Kier alpha value is -0.650. The lowest BCUT2D eigenvalue weighted by atomic mass is 9.43. The van der Waals surface area contributed by atoms with Crippen molar-refractivity contribution in [1.82, 2.24) is 0 Å². The van der Waals surface area contributed by atoms with E-state index in [2.05, 4.69) is 27.7 Å². The predicted octanol–water partition coefficient (Wildman–Crippen LogP) is 5.88. The Balaban J connectivity index is 1.13. The summed E-state index contributed by atoms with van der Waals surface area (Å²) in [6.07, 6.45) is 12.5. The second kappa shape index (κ2) is 9.72. The van der Waals surface area contributed by atoms with Gasteiger partial charge in [0.1, 0.15) is 5.60 Å². The average Bonchev–Trinajstić information content (AvgIpc) is 3.58. The van der Waals surface area contributed by atoms with Gasteiger partial charge in [-0.1, -0.05) is 27.7 Å². The first kappa shape index (κ1) is 27.5. The zero-order valence-corrected chi connectivity index (χ0v) is 24.4. The first-order valence-corrected chi connectivity index (χ1v) is 16.3. The third-order valence-corrected chi connectivity index (χ3v) is 14.2. The number of hydrogen-bond donors (Lipinski definition) is 3. The van der Waals surface area contributed by atoms with E-state index in [-0.39, 0.29) is 46.6 Å². The van der Waals surface area contributed by atoms with E-state index < -0.39 is 0 Å². The number of carbonyl (C=O) groups excluding carboxylic acids is 1. The highest BCUT2D eigenvalue weighted by Crippen LogP contribution is 2.68. The zero-order valence-electron chi connectivity index (χ0n) is 24.4. The molecule has 6 fully saturated rings. The third-order valence-electron chi connectivity index (χ3n) is 14.2. The van der Waals surface area contributed by atoms with Gasteiger partial charge in [0, 0.05) is 6.42 Å². The molecule has 38 heavy (non-hydrogen) atoms. The van der Waals surface area contributed by atoms with Crippen molar-refractivity contribution in [3.63, 3.8) is 0 Å². The molecule has 14 unspecified atom stereocenters. The van der Waals surface area contributed by atoms with Crippen LogP contribution in [0.25, 0.3) is 0 Å². The summed E-state index contributed by atoms with van der Waals surface area (Å²) in [5.74, 6) is 3.25. The molecule has 0 aliphatic heterocycles. The van der Waals surface area contributed by atoms with Crippen molar-refractivity contribution in [3.05, 3.63) is 0 Å². The Bertz CT molecular complexity index is 906. The van der Waals surface area contributed by atoms with Crippen LogP contribution in [0.1, 0.15) is 118 Å². The van der Waals surface area contributed by atoms with Crippen molar-refractivity contribution in [3.8, 4) is 0 Å². The summed E-state index contributed by atoms with van der Waals surface area (Å²) >= 11 is 0. The molecular formula is C33H54O5.